The second-order valence-corrected chi connectivity index (χ2v) is 8.47. The first-order chi connectivity index (χ1) is 13.9. The van der Waals surface area contributed by atoms with Crippen LogP contribution < -0.4 is 10.6 Å². The number of nitrogens with one attached hydrogen (secondary N) is 2. The smallest absolute Gasteiger partial charge is 0.342 e. The number of amides is 2. The number of hydrogen-bond acceptors (Lipinski definition) is 5. The van der Waals surface area contributed by atoms with Crippen LogP contribution >= 0.6 is 22.9 Å². The molecule has 0 saturated carbocycles. The Labute approximate surface area is 178 Å². The molecule has 2 amide bonds. The van der Waals surface area contributed by atoms with E-state index in [4.69, 9.17) is 16.3 Å². The van der Waals surface area contributed by atoms with Crippen LogP contribution in [0.3, 0.4) is 0 Å². The average Bonchev–Trinajstić information content (AvgIpc) is 3.04. The highest BCUT2D eigenvalue weighted by Gasteiger charge is 2.29. The topological polar surface area (TPSA) is 84.5 Å². The molecule has 2 aromatic rings. The minimum Gasteiger partial charge on any atom is -0.449 e. The molecule has 3 rings (SSSR count). The summed E-state index contributed by atoms with van der Waals surface area (Å²) in [4.78, 5) is 37.9. The molecule has 0 spiro atoms. The van der Waals surface area contributed by atoms with Gasteiger partial charge in [0.1, 0.15) is 5.00 Å². The third kappa shape index (κ3) is 5.16. The number of esters is 1. The molecule has 1 aliphatic rings. The van der Waals surface area contributed by atoms with Gasteiger partial charge in [-0.1, -0.05) is 29.8 Å². The number of carbonyl (C=O) groups is 3. The van der Waals surface area contributed by atoms with E-state index in [1.807, 2.05) is 18.2 Å². The van der Waals surface area contributed by atoms with Crippen LogP contribution in [0.5, 0.6) is 0 Å². The Bertz CT molecular complexity index is 941. The van der Waals surface area contributed by atoms with E-state index in [0.29, 0.717) is 15.6 Å². The molecule has 0 fully saturated rings. The Morgan fingerprint density at radius 2 is 1.93 bits per heavy atom. The monoisotopic (exact) mass is 434 g/mol. The first kappa shape index (κ1) is 21.3. The highest BCUT2D eigenvalue weighted by molar-refractivity contribution is 7.17. The Morgan fingerprint density at radius 3 is 2.66 bits per heavy atom. The minimum atomic E-state index is -0.977. The molecular weight excluding hydrogens is 412 g/mol. The molecule has 1 aromatic heterocycles. The third-order valence-corrected chi connectivity index (χ3v) is 6.30. The lowest BCUT2D eigenvalue weighted by molar-refractivity contribution is -0.129. The number of thiophene rings is 1. The van der Waals surface area contributed by atoms with E-state index >= 15 is 0 Å². The predicted octanol–water partition coefficient (Wildman–Crippen LogP) is 4.10. The number of benzene rings is 1. The van der Waals surface area contributed by atoms with Gasteiger partial charge < -0.3 is 15.4 Å². The fourth-order valence-corrected chi connectivity index (χ4v) is 4.80. The predicted molar refractivity (Wildman–Crippen MR) is 113 cm³/mol. The van der Waals surface area contributed by atoms with Crippen molar-refractivity contribution >= 4 is 45.7 Å². The molecule has 1 aliphatic carbocycles. The number of aryl methyl sites for hydroxylation is 1. The lowest BCUT2D eigenvalue weighted by Crippen LogP contribution is -2.35. The Morgan fingerprint density at radius 1 is 1.21 bits per heavy atom. The van der Waals surface area contributed by atoms with E-state index < -0.39 is 18.0 Å². The van der Waals surface area contributed by atoms with Crippen LogP contribution in [-0.4, -0.2) is 23.9 Å². The number of carbonyl (C=O) groups excluding carboxylic acids is 3. The van der Waals surface area contributed by atoms with Crippen molar-refractivity contribution in [1.82, 2.24) is 5.32 Å². The van der Waals surface area contributed by atoms with Gasteiger partial charge in [0, 0.05) is 23.4 Å². The van der Waals surface area contributed by atoms with Gasteiger partial charge in [-0.25, -0.2) is 4.79 Å². The van der Waals surface area contributed by atoms with Crippen molar-refractivity contribution in [2.24, 2.45) is 0 Å². The van der Waals surface area contributed by atoms with E-state index in [-0.39, 0.29) is 12.5 Å². The van der Waals surface area contributed by atoms with Gasteiger partial charge in [0.05, 0.1) is 5.56 Å². The SMILES string of the molecule is CC(=O)Nc1sc2c(c1C(=O)OC(C)C(=O)NCc1ccccc1Cl)CCCC2. The minimum absolute atomic E-state index is 0.241. The number of anilines is 1. The van der Waals surface area contributed by atoms with Crippen LogP contribution in [0.4, 0.5) is 5.00 Å². The molecule has 6 nitrogen and oxygen atoms in total. The van der Waals surface area contributed by atoms with Crippen molar-refractivity contribution in [3.8, 4) is 0 Å². The van der Waals surface area contributed by atoms with Crippen LogP contribution in [0.1, 0.15) is 53.1 Å². The molecule has 1 unspecified atom stereocenters. The lowest BCUT2D eigenvalue weighted by atomic mass is 9.95. The fraction of sp³-hybridized carbons (Fsp3) is 0.381. The van der Waals surface area contributed by atoms with Crippen molar-refractivity contribution < 1.29 is 19.1 Å². The molecule has 0 radical (unpaired) electrons. The first-order valence-corrected chi connectivity index (χ1v) is 10.7. The van der Waals surface area contributed by atoms with Gasteiger partial charge in [0.25, 0.3) is 5.91 Å². The molecule has 0 saturated heterocycles. The highest BCUT2D eigenvalue weighted by atomic mass is 35.5. The number of hydrogen-bond donors (Lipinski definition) is 2. The largest absolute Gasteiger partial charge is 0.449 e. The molecule has 1 atom stereocenters. The number of halogens is 1. The maximum Gasteiger partial charge on any atom is 0.342 e. The summed E-state index contributed by atoms with van der Waals surface area (Å²) in [5, 5.41) is 6.52. The number of ether oxygens (including phenoxy) is 1. The van der Waals surface area contributed by atoms with Crippen LogP contribution in [-0.2, 0) is 33.7 Å². The molecule has 154 valence electrons. The van der Waals surface area contributed by atoms with Crippen molar-refractivity contribution in [2.45, 2.75) is 52.2 Å². The van der Waals surface area contributed by atoms with Crippen molar-refractivity contribution in [3.63, 3.8) is 0 Å². The summed E-state index contributed by atoms with van der Waals surface area (Å²) < 4.78 is 5.43. The summed E-state index contributed by atoms with van der Waals surface area (Å²) in [5.74, 6) is -1.25. The zero-order valence-electron chi connectivity index (χ0n) is 16.3. The fourth-order valence-electron chi connectivity index (χ4n) is 3.27. The van der Waals surface area contributed by atoms with E-state index in [2.05, 4.69) is 10.6 Å². The molecule has 8 heteroatoms. The Kier molecular flexibility index (Phi) is 6.92. The highest BCUT2D eigenvalue weighted by Crippen LogP contribution is 2.38. The molecule has 0 bridgehead atoms. The van der Waals surface area contributed by atoms with Crippen molar-refractivity contribution in [3.05, 3.63) is 50.9 Å². The summed E-state index contributed by atoms with van der Waals surface area (Å²) in [6, 6.07) is 7.21. The van der Waals surface area contributed by atoms with Gasteiger partial charge in [0.15, 0.2) is 6.10 Å². The van der Waals surface area contributed by atoms with E-state index in [9.17, 15) is 14.4 Å². The second kappa shape index (κ2) is 9.41. The Hall–Kier alpha value is -2.38. The van der Waals surface area contributed by atoms with Crippen LogP contribution in [0.25, 0.3) is 0 Å². The average molecular weight is 435 g/mol. The zero-order valence-corrected chi connectivity index (χ0v) is 17.9. The molecular formula is C21H23ClN2O4S. The molecule has 2 N–H and O–H groups in total. The van der Waals surface area contributed by atoms with E-state index in [0.717, 1.165) is 41.7 Å². The van der Waals surface area contributed by atoms with Gasteiger partial charge in [-0.05, 0) is 49.8 Å². The normalized spacial score (nSPS) is 13.9. The molecule has 1 heterocycles. The zero-order chi connectivity index (χ0) is 21.0. The van der Waals surface area contributed by atoms with Crippen LogP contribution in [0, 0.1) is 0 Å². The lowest BCUT2D eigenvalue weighted by Gasteiger charge is -2.16. The van der Waals surface area contributed by atoms with Crippen LogP contribution in [0.15, 0.2) is 24.3 Å². The van der Waals surface area contributed by atoms with Crippen molar-refractivity contribution in [2.75, 3.05) is 5.32 Å². The third-order valence-electron chi connectivity index (χ3n) is 4.73. The van der Waals surface area contributed by atoms with Gasteiger partial charge in [-0.15, -0.1) is 11.3 Å². The van der Waals surface area contributed by atoms with Gasteiger partial charge >= 0.3 is 5.97 Å². The molecule has 0 aliphatic heterocycles. The maximum absolute atomic E-state index is 12.9. The molecule has 29 heavy (non-hydrogen) atoms. The van der Waals surface area contributed by atoms with Gasteiger partial charge in [0.2, 0.25) is 5.91 Å². The maximum atomic E-state index is 12.9. The summed E-state index contributed by atoms with van der Waals surface area (Å²) >= 11 is 7.51. The summed E-state index contributed by atoms with van der Waals surface area (Å²) in [7, 11) is 0. The quantitative estimate of drug-likeness (QED) is 0.670. The van der Waals surface area contributed by atoms with E-state index in [1.54, 1.807) is 6.07 Å². The van der Waals surface area contributed by atoms with Gasteiger partial charge in [-0.3, -0.25) is 9.59 Å². The van der Waals surface area contributed by atoms with Crippen LogP contribution in [0.2, 0.25) is 5.02 Å². The summed E-state index contributed by atoms with van der Waals surface area (Å²) in [6.45, 7) is 3.17. The van der Waals surface area contributed by atoms with Crippen molar-refractivity contribution in [1.29, 1.82) is 0 Å². The van der Waals surface area contributed by atoms with E-state index in [1.165, 1.54) is 25.2 Å². The number of rotatable bonds is 6. The second-order valence-electron chi connectivity index (χ2n) is 6.95. The standard InChI is InChI=1S/C21H23ClN2O4S/c1-12(19(26)23-11-14-7-3-5-9-16(14)22)28-21(27)18-15-8-4-6-10-17(15)29-20(18)24-13(2)25/h3,5,7,9,12H,4,6,8,10-11H2,1-2H3,(H,23,26)(H,24,25). The Balaban J connectivity index is 1.69. The number of fused-ring (bicyclic) bond motifs is 1. The van der Waals surface area contributed by atoms with Gasteiger partial charge in [-0.2, -0.15) is 0 Å². The molecule has 1 aromatic carbocycles. The first-order valence-electron chi connectivity index (χ1n) is 9.51. The summed E-state index contributed by atoms with van der Waals surface area (Å²) in [5.41, 5.74) is 2.09. The summed E-state index contributed by atoms with van der Waals surface area (Å²) in [6.07, 6.45) is 2.71.